The molecule has 154 valence electrons. The van der Waals surface area contributed by atoms with Crippen LogP contribution < -0.4 is 0 Å². The summed E-state index contributed by atoms with van der Waals surface area (Å²) >= 11 is 7.81. The van der Waals surface area contributed by atoms with Crippen LogP contribution in [0.1, 0.15) is 41.5 Å². The smallest absolute Gasteiger partial charge is 0.314 e. The highest BCUT2D eigenvalue weighted by atomic mass is 35.5. The zero-order valence-corrected chi connectivity index (χ0v) is 18.6. The fourth-order valence-electron chi connectivity index (χ4n) is 3.74. The quantitative estimate of drug-likeness (QED) is 0.317. The molecule has 1 unspecified atom stereocenters. The van der Waals surface area contributed by atoms with Crippen molar-refractivity contribution < 1.29 is 9.53 Å². The van der Waals surface area contributed by atoms with Crippen molar-refractivity contribution in [1.29, 1.82) is 0 Å². The first kappa shape index (κ1) is 20.7. The van der Waals surface area contributed by atoms with Gasteiger partial charge in [0, 0.05) is 16.1 Å². The topological polar surface area (TPSA) is 42.1 Å². The van der Waals surface area contributed by atoms with Crippen LogP contribution in [0.15, 0.2) is 66.2 Å². The molecule has 4 rings (SSSR count). The minimum atomic E-state index is -0.321. The molecule has 0 radical (unpaired) electrons. The van der Waals surface area contributed by atoms with Gasteiger partial charge in [0.15, 0.2) is 0 Å². The summed E-state index contributed by atoms with van der Waals surface area (Å²) in [7, 11) is 0. The number of fused-ring (bicyclic) bond motifs is 1. The molecule has 0 aliphatic heterocycles. The third-order valence-corrected chi connectivity index (χ3v) is 6.66. The van der Waals surface area contributed by atoms with Crippen LogP contribution in [0.25, 0.3) is 10.8 Å². The Morgan fingerprint density at radius 3 is 2.70 bits per heavy atom. The van der Waals surface area contributed by atoms with E-state index in [0.29, 0.717) is 5.02 Å². The lowest BCUT2D eigenvalue weighted by Gasteiger charge is -2.19. The highest BCUT2D eigenvalue weighted by molar-refractivity contribution is 7.11. The molecule has 2 heterocycles. The molecule has 4 aromatic rings. The Labute approximate surface area is 185 Å². The number of ether oxygens (including phenoxy) is 1. The Morgan fingerprint density at radius 1 is 1.13 bits per heavy atom. The number of esters is 1. The van der Waals surface area contributed by atoms with Crippen molar-refractivity contribution in [2.24, 2.45) is 5.92 Å². The molecule has 2 aromatic carbocycles. The van der Waals surface area contributed by atoms with Gasteiger partial charge >= 0.3 is 5.97 Å². The second-order valence-electron chi connectivity index (χ2n) is 7.80. The van der Waals surface area contributed by atoms with Gasteiger partial charge in [0.25, 0.3) is 0 Å². The van der Waals surface area contributed by atoms with Crippen LogP contribution in [-0.2, 0) is 22.6 Å². The Balaban J connectivity index is 1.51. The molecule has 5 heteroatoms. The second-order valence-corrected chi connectivity index (χ2v) is 9.15. The van der Waals surface area contributed by atoms with Crippen LogP contribution >= 0.6 is 22.9 Å². The minimum Gasteiger partial charge on any atom is -0.459 e. The van der Waals surface area contributed by atoms with E-state index < -0.39 is 0 Å². The van der Waals surface area contributed by atoms with Gasteiger partial charge in [0.05, 0.1) is 11.6 Å². The zero-order valence-electron chi connectivity index (χ0n) is 17.0. The maximum absolute atomic E-state index is 13.1. The minimum absolute atomic E-state index is 0.116. The molecule has 30 heavy (non-hydrogen) atoms. The zero-order chi connectivity index (χ0) is 21.1. The third kappa shape index (κ3) is 4.45. The monoisotopic (exact) mass is 437 g/mol. The Morgan fingerprint density at radius 2 is 1.93 bits per heavy atom. The summed E-state index contributed by atoms with van der Waals surface area (Å²) in [5.41, 5.74) is 3.31. The van der Waals surface area contributed by atoms with Gasteiger partial charge in [-0.15, -0.1) is 11.3 Å². The lowest BCUT2D eigenvalue weighted by Crippen LogP contribution is -2.20. The molecule has 0 fully saturated rings. The standard InChI is InChI=1S/C25H24ClNO2S/c1-16(2)23(24-21-13-20(26)9-8-19(21)15-30-24)25(28)29-14-22-18(10-11-27-22)12-17-6-4-3-5-7-17/h3-11,13,15-16,23,27H,12,14H2,1-2H3. The van der Waals surface area contributed by atoms with Gasteiger partial charge in [0.2, 0.25) is 0 Å². The molecule has 0 bridgehead atoms. The number of nitrogens with one attached hydrogen (secondary N) is 1. The lowest BCUT2D eigenvalue weighted by atomic mass is 9.92. The number of hydrogen-bond donors (Lipinski definition) is 1. The molecular weight excluding hydrogens is 414 g/mol. The molecule has 0 spiro atoms. The van der Waals surface area contributed by atoms with Gasteiger partial charge in [-0.05, 0) is 57.8 Å². The molecule has 3 nitrogen and oxygen atoms in total. The number of H-pyrrole nitrogens is 1. The van der Waals surface area contributed by atoms with Gasteiger partial charge in [-0.3, -0.25) is 4.79 Å². The Hall–Kier alpha value is -2.56. The maximum atomic E-state index is 13.1. The lowest BCUT2D eigenvalue weighted by molar-refractivity contribution is -0.148. The van der Waals surface area contributed by atoms with Gasteiger partial charge in [-0.1, -0.05) is 61.8 Å². The van der Waals surface area contributed by atoms with Crippen molar-refractivity contribution in [2.75, 3.05) is 0 Å². The van der Waals surface area contributed by atoms with E-state index >= 15 is 0 Å². The van der Waals surface area contributed by atoms with Gasteiger partial charge < -0.3 is 9.72 Å². The largest absolute Gasteiger partial charge is 0.459 e. The van der Waals surface area contributed by atoms with Crippen molar-refractivity contribution in [3.63, 3.8) is 0 Å². The van der Waals surface area contributed by atoms with Crippen molar-refractivity contribution >= 4 is 39.7 Å². The van der Waals surface area contributed by atoms with Gasteiger partial charge in [0.1, 0.15) is 6.61 Å². The summed E-state index contributed by atoms with van der Waals surface area (Å²) in [5, 5.41) is 4.89. The summed E-state index contributed by atoms with van der Waals surface area (Å²) in [4.78, 5) is 17.4. The first-order chi connectivity index (χ1) is 14.5. The number of aromatic nitrogens is 1. The molecule has 2 aromatic heterocycles. The first-order valence-electron chi connectivity index (χ1n) is 10.0. The summed E-state index contributed by atoms with van der Waals surface area (Å²) in [6, 6.07) is 18.1. The number of benzene rings is 2. The van der Waals surface area contributed by atoms with Crippen molar-refractivity contribution in [1.82, 2.24) is 4.98 Å². The van der Waals surface area contributed by atoms with Crippen LogP contribution in [0.4, 0.5) is 0 Å². The molecule has 0 saturated heterocycles. The van der Waals surface area contributed by atoms with E-state index in [1.165, 1.54) is 5.56 Å². The summed E-state index contributed by atoms with van der Waals surface area (Å²) < 4.78 is 5.79. The maximum Gasteiger partial charge on any atom is 0.314 e. The van der Waals surface area contributed by atoms with Crippen LogP contribution in [0.2, 0.25) is 5.02 Å². The predicted molar refractivity (Wildman–Crippen MR) is 124 cm³/mol. The Bertz CT molecular complexity index is 1150. The van der Waals surface area contributed by atoms with E-state index in [1.54, 1.807) is 11.3 Å². The van der Waals surface area contributed by atoms with Crippen molar-refractivity contribution in [2.45, 2.75) is 32.8 Å². The molecule has 0 aliphatic rings. The number of carbonyl (C=O) groups excluding carboxylic acids is 1. The summed E-state index contributed by atoms with van der Waals surface area (Å²) in [6.45, 7) is 4.34. The van der Waals surface area contributed by atoms with E-state index in [0.717, 1.165) is 33.3 Å². The van der Waals surface area contributed by atoms with Crippen LogP contribution in [0.3, 0.4) is 0 Å². The number of thiophene rings is 1. The van der Waals surface area contributed by atoms with E-state index in [9.17, 15) is 4.79 Å². The third-order valence-electron chi connectivity index (χ3n) is 5.32. The van der Waals surface area contributed by atoms with Gasteiger partial charge in [-0.2, -0.15) is 0 Å². The molecule has 0 saturated carbocycles. The van der Waals surface area contributed by atoms with E-state index in [1.807, 2.05) is 48.7 Å². The van der Waals surface area contributed by atoms with Crippen LogP contribution in [0, 0.1) is 5.92 Å². The summed E-state index contributed by atoms with van der Waals surface area (Å²) in [5.74, 6) is -0.404. The molecule has 1 N–H and O–H groups in total. The number of carbonyl (C=O) groups is 1. The fourth-order valence-corrected chi connectivity index (χ4v) is 5.19. The van der Waals surface area contributed by atoms with Crippen molar-refractivity contribution in [3.05, 3.63) is 92.9 Å². The van der Waals surface area contributed by atoms with Crippen LogP contribution in [0.5, 0.6) is 0 Å². The number of rotatable bonds is 7. The second kappa shape index (κ2) is 9.07. The number of aromatic amines is 1. The molecular formula is C25H24ClNO2S. The highest BCUT2D eigenvalue weighted by Gasteiger charge is 2.29. The number of halogens is 1. The Kier molecular flexibility index (Phi) is 6.26. The SMILES string of the molecule is CC(C)C(C(=O)OCc1[nH]ccc1Cc1ccccc1)c1scc2ccc(Cl)cc12. The predicted octanol–water partition coefficient (Wildman–Crippen LogP) is 6.96. The average Bonchev–Trinajstić information content (AvgIpc) is 3.34. The molecule has 1 atom stereocenters. The highest BCUT2D eigenvalue weighted by Crippen LogP contribution is 2.38. The normalized spacial score (nSPS) is 12.4. The van der Waals surface area contributed by atoms with E-state index in [2.05, 4.69) is 36.3 Å². The first-order valence-corrected chi connectivity index (χ1v) is 11.3. The van der Waals surface area contributed by atoms with Crippen molar-refractivity contribution in [3.8, 4) is 0 Å². The average molecular weight is 438 g/mol. The fraction of sp³-hybridized carbons (Fsp3) is 0.240. The molecule has 0 amide bonds. The van der Waals surface area contributed by atoms with E-state index in [-0.39, 0.29) is 24.4 Å². The van der Waals surface area contributed by atoms with E-state index in [4.69, 9.17) is 16.3 Å². The number of hydrogen-bond acceptors (Lipinski definition) is 3. The van der Waals surface area contributed by atoms with Crippen LogP contribution in [-0.4, -0.2) is 11.0 Å². The molecule has 0 aliphatic carbocycles. The van der Waals surface area contributed by atoms with Gasteiger partial charge in [-0.25, -0.2) is 0 Å². The summed E-state index contributed by atoms with van der Waals surface area (Å²) in [6.07, 6.45) is 2.70.